The van der Waals surface area contributed by atoms with E-state index in [4.69, 9.17) is 0 Å². The quantitative estimate of drug-likeness (QED) is 0.903. The monoisotopic (exact) mass is 261 g/mol. The normalized spacial score (nSPS) is 19.9. The van der Waals surface area contributed by atoms with Crippen LogP contribution < -0.4 is 0 Å². The van der Waals surface area contributed by atoms with E-state index in [-0.39, 0.29) is 0 Å². The highest BCUT2D eigenvalue weighted by molar-refractivity contribution is 5.33. The topological polar surface area (TPSA) is 23.5 Å². The van der Waals surface area contributed by atoms with Crippen LogP contribution in [0.5, 0.6) is 0 Å². The number of aliphatic hydroxyl groups is 1. The highest BCUT2D eigenvalue weighted by Gasteiger charge is 2.34. The summed E-state index contributed by atoms with van der Waals surface area (Å²) in [7, 11) is 0. The van der Waals surface area contributed by atoms with Crippen LogP contribution in [0.25, 0.3) is 0 Å². The molecule has 1 saturated heterocycles. The number of likely N-dealkylation sites (tertiary alicyclic amines) is 1. The lowest BCUT2D eigenvalue weighted by Gasteiger charge is -2.39. The lowest BCUT2D eigenvalue weighted by Crippen LogP contribution is -2.43. The summed E-state index contributed by atoms with van der Waals surface area (Å²) in [6.45, 7) is 11.9. The maximum Gasteiger partial charge on any atom is 0.0921 e. The summed E-state index contributed by atoms with van der Waals surface area (Å²) in [6.07, 6.45) is 1.70. The van der Waals surface area contributed by atoms with Crippen LogP contribution in [-0.2, 0) is 5.60 Å². The van der Waals surface area contributed by atoms with Crippen LogP contribution in [0.3, 0.4) is 0 Å². The maximum atomic E-state index is 10.9. The molecule has 2 nitrogen and oxygen atoms in total. The van der Waals surface area contributed by atoms with Crippen molar-refractivity contribution in [3.8, 4) is 0 Å². The summed E-state index contributed by atoms with van der Waals surface area (Å²) in [4.78, 5) is 2.47. The van der Waals surface area contributed by atoms with E-state index in [1.807, 2.05) is 0 Å². The fourth-order valence-electron chi connectivity index (χ4n) is 2.94. The molecule has 0 radical (unpaired) electrons. The average molecular weight is 261 g/mol. The molecule has 1 fully saturated rings. The Hall–Kier alpha value is -0.860. The second kappa shape index (κ2) is 5.64. The van der Waals surface area contributed by atoms with Crippen molar-refractivity contribution in [3.05, 3.63) is 34.9 Å². The van der Waals surface area contributed by atoms with E-state index in [2.05, 4.69) is 50.8 Å². The van der Waals surface area contributed by atoms with Crippen molar-refractivity contribution < 1.29 is 5.11 Å². The Balaban J connectivity index is 2.06. The van der Waals surface area contributed by atoms with Gasteiger partial charge in [-0.05, 0) is 49.3 Å². The lowest BCUT2D eigenvalue weighted by atomic mass is 9.83. The number of benzene rings is 1. The second-order valence-corrected chi connectivity index (χ2v) is 6.53. The molecule has 1 aromatic rings. The Morgan fingerprint density at radius 2 is 1.79 bits per heavy atom. The van der Waals surface area contributed by atoms with E-state index in [9.17, 15) is 5.11 Å². The fourth-order valence-corrected chi connectivity index (χ4v) is 2.94. The summed E-state index contributed by atoms with van der Waals surface area (Å²) in [5, 5.41) is 10.9. The SMILES string of the molecule is Cc1ccc(C2(O)CCN(CC(C)C)CC2)cc1C. The summed E-state index contributed by atoms with van der Waals surface area (Å²) < 4.78 is 0. The molecule has 1 heterocycles. The average Bonchev–Trinajstić information content (AvgIpc) is 2.35. The Kier molecular flexibility index (Phi) is 4.32. The smallest absolute Gasteiger partial charge is 0.0921 e. The van der Waals surface area contributed by atoms with Gasteiger partial charge in [-0.25, -0.2) is 0 Å². The summed E-state index contributed by atoms with van der Waals surface area (Å²) in [6, 6.07) is 6.39. The van der Waals surface area contributed by atoms with Gasteiger partial charge in [0.15, 0.2) is 0 Å². The molecule has 0 aromatic heterocycles. The van der Waals surface area contributed by atoms with Gasteiger partial charge < -0.3 is 10.0 Å². The van der Waals surface area contributed by atoms with Crippen LogP contribution >= 0.6 is 0 Å². The Morgan fingerprint density at radius 1 is 1.16 bits per heavy atom. The van der Waals surface area contributed by atoms with Gasteiger partial charge in [0.1, 0.15) is 0 Å². The molecule has 2 rings (SSSR count). The van der Waals surface area contributed by atoms with Gasteiger partial charge in [0.05, 0.1) is 5.60 Å². The van der Waals surface area contributed by atoms with E-state index in [1.54, 1.807) is 0 Å². The summed E-state index contributed by atoms with van der Waals surface area (Å²) in [5.74, 6) is 0.702. The molecular weight excluding hydrogens is 234 g/mol. The van der Waals surface area contributed by atoms with Gasteiger partial charge in [0.2, 0.25) is 0 Å². The van der Waals surface area contributed by atoms with E-state index in [0.717, 1.165) is 38.0 Å². The number of aryl methyl sites for hydroxylation is 2. The van der Waals surface area contributed by atoms with Crippen LogP contribution in [0, 0.1) is 19.8 Å². The molecule has 0 bridgehead atoms. The van der Waals surface area contributed by atoms with Crippen molar-refractivity contribution in [3.63, 3.8) is 0 Å². The minimum Gasteiger partial charge on any atom is -0.385 e. The number of piperidine rings is 1. The predicted molar refractivity (Wildman–Crippen MR) is 80.3 cm³/mol. The molecule has 0 spiro atoms. The summed E-state index contributed by atoms with van der Waals surface area (Å²) in [5.41, 5.74) is 3.05. The minimum atomic E-state index is -0.619. The Labute approximate surface area is 117 Å². The molecule has 1 aliphatic heterocycles. The minimum absolute atomic E-state index is 0.619. The molecular formula is C17H27NO. The predicted octanol–water partition coefficient (Wildman–Crippen LogP) is 3.24. The van der Waals surface area contributed by atoms with Crippen LogP contribution in [0.1, 0.15) is 43.4 Å². The third-order valence-electron chi connectivity index (χ3n) is 4.35. The van der Waals surface area contributed by atoms with Gasteiger partial charge >= 0.3 is 0 Å². The van der Waals surface area contributed by atoms with Gasteiger partial charge in [-0.2, -0.15) is 0 Å². The first-order valence-corrected chi connectivity index (χ1v) is 7.43. The van der Waals surface area contributed by atoms with Crippen molar-refractivity contribution in [2.45, 2.75) is 46.1 Å². The molecule has 0 aliphatic carbocycles. The molecule has 0 unspecified atom stereocenters. The van der Waals surface area contributed by atoms with Crippen LogP contribution in [0.15, 0.2) is 18.2 Å². The maximum absolute atomic E-state index is 10.9. The first-order valence-electron chi connectivity index (χ1n) is 7.43. The Bertz CT molecular complexity index is 431. The van der Waals surface area contributed by atoms with E-state index in [0.29, 0.717) is 5.92 Å². The molecule has 1 N–H and O–H groups in total. The van der Waals surface area contributed by atoms with Crippen molar-refractivity contribution >= 4 is 0 Å². The zero-order valence-electron chi connectivity index (χ0n) is 12.7. The van der Waals surface area contributed by atoms with Gasteiger partial charge in [0, 0.05) is 19.6 Å². The van der Waals surface area contributed by atoms with Crippen molar-refractivity contribution in [1.82, 2.24) is 4.90 Å². The zero-order valence-corrected chi connectivity index (χ0v) is 12.7. The van der Waals surface area contributed by atoms with Crippen molar-refractivity contribution in [1.29, 1.82) is 0 Å². The zero-order chi connectivity index (χ0) is 14.0. The van der Waals surface area contributed by atoms with Crippen LogP contribution in [-0.4, -0.2) is 29.6 Å². The Morgan fingerprint density at radius 3 is 2.32 bits per heavy atom. The number of hydrogen-bond donors (Lipinski definition) is 1. The van der Waals surface area contributed by atoms with Gasteiger partial charge in [0.25, 0.3) is 0 Å². The largest absolute Gasteiger partial charge is 0.385 e. The summed E-state index contributed by atoms with van der Waals surface area (Å²) >= 11 is 0. The van der Waals surface area contributed by atoms with E-state index >= 15 is 0 Å². The third-order valence-corrected chi connectivity index (χ3v) is 4.35. The van der Waals surface area contributed by atoms with Crippen LogP contribution in [0.4, 0.5) is 0 Å². The first-order chi connectivity index (χ1) is 8.90. The third kappa shape index (κ3) is 3.37. The molecule has 0 atom stereocenters. The van der Waals surface area contributed by atoms with E-state index in [1.165, 1.54) is 11.1 Å². The van der Waals surface area contributed by atoms with E-state index < -0.39 is 5.60 Å². The highest BCUT2D eigenvalue weighted by Crippen LogP contribution is 2.33. The molecule has 19 heavy (non-hydrogen) atoms. The highest BCUT2D eigenvalue weighted by atomic mass is 16.3. The number of nitrogens with zero attached hydrogens (tertiary/aromatic N) is 1. The standard InChI is InChI=1S/C17H27NO/c1-13(2)12-18-9-7-17(19,8-10-18)16-6-5-14(3)15(4)11-16/h5-6,11,13,19H,7-10,12H2,1-4H3. The fraction of sp³-hybridized carbons (Fsp3) is 0.647. The molecule has 0 saturated carbocycles. The lowest BCUT2D eigenvalue weighted by molar-refractivity contribution is -0.0280. The molecule has 106 valence electrons. The number of hydrogen-bond acceptors (Lipinski definition) is 2. The molecule has 1 aliphatic rings. The molecule has 2 heteroatoms. The van der Waals surface area contributed by atoms with Gasteiger partial charge in [-0.3, -0.25) is 0 Å². The van der Waals surface area contributed by atoms with Crippen molar-refractivity contribution in [2.24, 2.45) is 5.92 Å². The van der Waals surface area contributed by atoms with Crippen molar-refractivity contribution in [2.75, 3.05) is 19.6 Å². The first kappa shape index (κ1) is 14.5. The van der Waals surface area contributed by atoms with Crippen LogP contribution in [0.2, 0.25) is 0 Å². The van der Waals surface area contributed by atoms with Gasteiger partial charge in [-0.15, -0.1) is 0 Å². The molecule has 1 aromatic carbocycles. The number of rotatable bonds is 3. The second-order valence-electron chi connectivity index (χ2n) is 6.53. The van der Waals surface area contributed by atoms with Gasteiger partial charge in [-0.1, -0.05) is 32.0 Å². The molecule has 0 amide bonds.